The highest BCUT2D eigenvalue weighted by Crippen LogP contribution is 2.67. The first-order valence-corrected chi connectivity index (χ1v) is 12.5. The molecule has 3 saturated carbocycles. The Morgan fingerprint density at radius 3 is 2.61 bits per heavy atom. The average Bonchev–Trinajstić information content (AvgIpc) is 3.04. The van der Waals surface area contributed by atoms with E-state index in [1.807, 2.05) is 13.0 Å². The van der Waals surface area contributed by atoms with Crippen molar-refractivity contribution < 1.29 is 24.5 Å². The molecule has 178 valence electrons. The molecule has 3 fully saturated rings. The van der Waals surface area contributed by atoms with E-state index < -0.39 is 17.1 Å². The van der Waals surface area contributed by atoms with Crippen LogP contribution in [-0.4, -0.2) is 40.1 Å². The third-order valence-corrected chi connectivity index (χ3v) is 9.95. The second kappa shape index (κ2) is 7.93. The Morgan fingerprint density at radius 1 is 1.15 bits per heavy atom. The van der Waals surface area contributed by atoms with Crippen LogP contribution in [0.25, 0.3) is 0 Å². The molecule has 0 aromatic heterocycles. The van der Waals surface area contributed by atoms with E-state index in [1.165, 1.54) is 5.57 Å². The maximum Gasteiger partial charge on any atom is 0.202 e. The predicted octanol–water partition coefficient (Wildman–Crippen LogP) is 4.52. The fraction of sp³-hybridized carbons (Fsp3) is 0.630. The number of fused-ring (bicyclic) bond motifs is 5. The number of allylic oxidation sites excluding steroid dienone is 1. The molecule has 4 aliphatic carbocycles. The van der Waals surface area contributed by atoms with Gasteiger partial charge in [-0.3, -0.25) is 9.59 Å². The summed E-state index contributed by atoms with van der Waals surface area (Å²) in [5, 5.41) is 23.8. The number of aliphatic hydroxyl groups is 2. The zero-order valence-corrected chi connectivity index (χ0v) is 20.1. The van der Waals surface area contributed by atoms with Gasteiger partial charge in [0.1, 0.15) is 18.0 Å². The van der Waals surface area contributed by atoms with Crippen LogP contribution in [0.2, 0.25) is 5.02 Å². The number of carbonyl (C=O) groups excluding carboxylic acids is 2. The Bertz CT molecular complexity index is 1000. The number of ketones is 2. The van der Waals surface area contributed by atoms with Crippen molar-refractivity contribution in [3.05, 3.63) is 40.9 Å². The molecule has 5 nitrogen and oxygen atoms in total. The van der Waals surface area contributed by atoms with E-state index in [0.717, 1.165) is 25.7 Å². The van der Waals surface area contributed by atoms with Crippen LogP contribution in [0.1, 0.15) is 58.8 Å². The van der Waals surface area contributed by atoms with Gasteiger partial charge in [-0.05, 0) is 92.0 Å². The molecule has 4 aliphatic rings. The van der Waals surface area contributed by atoms with Gasteiger partial charge in [0.25, 0.3) is 0 Å². The molecule has 6 heteroatoms. The van der Waals surface area contributed by atoms with Gasteiger partial charge in [0.2, 0.25) is 5.78 Å². The standard InChI is InChI=1S/C27H33ClO5/c1-25-11-9-18(29)13-16(25)3-8-20-21-10-12-27(32,26(21,2)14-22(30)24(20)25)23(31)15-33-19-6-4-17(28)5-7-19/h4-7,13,20-22,24,30,32H,3,8-12,14-15H2,1-2H3/t20?,21?,22-,24?,25?,26?,27-/m0/s1. The van der Waals surface area contributed by atoms with Gasteiger partial charge in [-0.1, -0.05) is 31.0 Å². The highest BCUT2D eigenvalue weighted by atomic mass is 35.5. The van der Waals surface area contributed by atoms with Crippen LogP contribution in [0.4, 0.5) is 0 Å². The van der Waals surface area contributed by atoms with E-state index in [2.05, 4.69) is 6.92 Å². The Morgan fingerprint density at radius 2 is 1.88 bits per heavy atom. The van der Waals surface area contributed by atoms with Gasteiger partial charge in [0, 0.05) is 16.9 Å². The summed E-state index contributed by atoms with van der Waals surface area (Å²) >= 11 is 5.92. The third kappa shape index (κ3) is 3.42. The van der Waals surface area contributed by atoms with Crippen LogP contribution in [-0.2, 0) is 9.59 Å². The molecular formula is C27H33ClO5. The van der Waals surface area contributed by atoms with Crippen LogP contribution in [0, 0.1) is 28.6 Å². The van der Waals surface area contributed by atoms with Crippen LogP contribution >= 0.6 is 11.6 Å². The lowest BCUT2D eigenvalue weighted by molar-refractivity contribution is -0.181. The van der Waals surface area contributed by atoms with Crippen LogP contribution < -0.4 is 4.74 Å². The van der Waals surface area contributed by atoms with Crippen molar-refractivity contribution in [1.29, 1.82) is 0 Å². The van der Waals surface area contributed by atoms with E-state index in [9.17, 15) is 19.8 Å². The van der Waals surface area contributed by atoms with Gasteiger partial charge in [0.15, 0.2) is 5.78 Å². The second-order valence-electron chi connectivity index (χ2n) is 11.1. The molecule has 2 N–H and O–H groups in total. The number of carbonyl (C=O) groups is 2. The number of hydrogen-bond donors (Lipinski definition) is 2. The lowest BCUT2D eigenvalue weighted by Crippen LogP contribution is -2.62. The Labute approximate surface area is 200 Å². The molecule has 7 atom stereocenters. The Kier molecular flexibility index (Phi) is 5.54. The van der Waals surface area contributed by atoms with Crippen molar-refractivity contribution >= 4 is 23.2 Å². The Balaban J connectivity index is 1.39. The number of halogens is 1. The molecule has 0 radical (unpaired) electrons. The summed E-state index contributed by atoms with van der Waals surface area (Å²) in [6.45, 7) is 3.99. The highest BCUT2D eigenvalue weighted by Gasteiger charge is 2.68. The normalized spacial score (nSPS) is 42.1. The van der Waals surface area contributed by atoms with Gasteiger partial charge in [-0.2, -0.15) is 0 Å². The number of rotatable bonds is 4. The monoisotopic (exact) mass is 472 g/mol. The summed E-state index contributed by atoms with van der Waals surface area (Å²) in [7, 11) is 0. The van der Waals surface area contributed by atoms with Crippen molar-refractivity contribution in [3.63, 3.8) is 0 Å². The summed E-state index contributed by atoms with van der Waals surface area (Å²) in [6, 6.07) is 6.81. The highest BCUT2D eigenvalue weighted by molar-refractivity contribution is 6.30. The first kappa shape index (κ1) is 23.1. The van der Waals surface area contributed by atoms with Crippen molar-refractivity contribution in [3.8, 4) is 5.75 Å². The van der Waals surface area contributed by atoms with E-state index in [4.69, 9.17) is 16.3 Å². The molecule has 0 amide bonds. The van der Waals surface area contributed by atoms with Gasteiger partial charge in [0.05, 0.1) is 6.10 Å². The molecule has 0 spiro atoms. The van der Waals surface area contributed by atoms with Crippen molar-refractivity contribution in [2.75, 3.05) is 6.61 Å². The minimum atomic E-state index is -1.52. The molecule has 1 aromatic carbocycles. The summed E-state index contributed by atoms with van der Waals surface area (Å²) in [6.07, 6.45) is 5.80. The van der Waals surface area contributed by atoms with Gasteiger partial charge >= 0.3 is 0 Å². The fourth-order valence-corrected chi connectivity index (χ4v) is 8.08. The van der Waals surface area contributed by atoms with Gasteiger partial charge in [-0.25, -0.2) is 0 Å². The predicted molar refractivity (Wildman–Crippen MR) is 125 cm³/mol. The number of aliphatic hydroxyl groups excluding tert-OH is 1. The molecule has 33 heavy (non-hydrogen) atoms. The fourth-order valence-electron chi connectivity index (χ4n) is 7.95. The van der Waals surface area contributed by atoms with E-state index in [0.29, 0.717) is 30.0 Å². The molecule has 5 unspecified atom stereocenters. The molecule has 0 bridgehead atoms. The van der Waals surface area contributed by atoms with Crippen LogP contribution in [0.5, 0.6) is 5.75 Å². The minimum Gasteiger partial charge on any atom is -0.486 e. The van der Waals surface area contributed by atoms with Crippen molar-refractivity contribution in [2.24, 2.45) is 28.6 Å². The average molecular weight is 473 g/mol. The quantitative estimate of drug-likeness (QED) is 0.673. The lowest BCUT2D eigenvalue weighted by atomic mass is 9.45. The van der Waals surface area contributed by atoms with Gasteiger partial charge in [-0.15, -0.1) is 0 Å². The molecule has 5 rings (SSSR count). The van der Waals surface area contributed by atoms with E-state index in [-0.39, 0.29) is 41.3 Å². The van der Waals surface area contributed by atoms with E-state index >= 15 is 0 Å². The molecule has 1 aromatic rings. The second-order valence-corrected chi connectivity index (χ2v) is 11.6. The maximum atomic E-state index is 13.3. The molecule has 0 saturated heterocycles. The lowest BCUT2D eigenvalue weighted by Gasteiger charge is -2.60. The third-order valence-electron chi connectivity index (χ3n) is 9.69. The number of benzene rings is 1. The van der Waals surface area contributed by atoms with Crippen LogP contribution in [0.3, 0.4) is 0 Å². The zero-order chi connectivity index (χ0) is 23.6. The smallest absolute Gasteiger partial charge is 0.202 e. The zero-order valence-electron chi connectivity index (χ0n) is 19.4. The van der Waals surface area contributed by atoms with Crippen LogP contribution in [0.15, 0.2) is 35.9 Å². The Hall–Kier alpha value is -1.69. The SMILES string of the molecule is CC12CCC(=O)C=C1CCC1C2[C@@H](O)CC2(C)C1CC[C@]2(O)C(=O)COc1ccc(Cl)cc1. The van der Waals surface area contributed by atoms with Crippen molar-refractivity contribution in [1.82, 2.24) is 0 Å². The summed E-state index contributed by atoms with van der Waals surface area (Å²) in [5.41, 5.74) is -1.21. The summed E-state index contributed by atoms with van der Waals surface area (Å²) in [4.78, 5) is 25.4. The number of ether oxygens (including phenoxy) is 1. The maximum absolute atomic E-state index is 13.3. The number of Topliss-reactive ketones (excluding diaryl/α,β-unsaturated/α-hetero) is 1. The first-order chi connectivity index (χ1) is 15.6. The molecule has 0 aliphatic heterocycles. The topological polar surface area (TPSA) is 83.8 Å². The summed E-state index contributed by atoms with van der Waals surface area (Å²) in [5.74, 6) is 0.855. The van der Waals surface area contributed by atoms with Gasteiger partial charge < -0.3 is 14.9 Å². The largest absolute Gasteiger partial charge is 0.486 e. The minimum absolute atomic E-state index is 0.0615. The first-order valence-electron chi connectivity index (χ1n) is 12.1. The summed E-state index contributed by atoms with van der Waals surface area (Å²) < 4.78 is 5.69. The number of hydrogen-bond acceptors (Lipinski definition) is 5. The molecule has 0 heterocycles. The van der Waals surface area contributed by atoms with Crippen molar-refractivity contribution in [2.45, 2.75) is 70.5 Å². The van der Waals surface area contributed by atoms with E-state index in [1.54, 1.807) is 24.3 Å². The molecular weight excluding hydrogens is 440 g/mol.